The van der Waals surface area contributed by atoms with Gasteiger partial charge in [-0.2, -0.15) is 0 Å². The molecule has 3 heteroatoms. The zero-order valence-electron chi connectivity index (χ0n) is 7.48. The highest BCUT2D eigenvalue weighted by Gasteiger charge is 2.04. The molecule has 0 saturated carbocycles. The van der Waals surface area contributed by atoms with E-state index in [1.54, 1.807) is 11.9 Å². The molecule has 0 spiro atoms. The molecule has 3 nitrogen and oxygen atoms in total. The number of amides is 2. The van der Waals surface area contributed by atoms with Crippen LogP contribution in [0.5, 0.6) is 0 Å². The first-order valence-electron chi connectivity index (χ1n) is 3.71. The van der Waals surface area contributed by atoms with Crippen molar-refractivity contribution in [2.75, 3.05) is 20.1 Å². The molecule has 0 aromatic rings. The smallest absolute Gasteiger partial charge is 0.317 e. The van der Waals surface area contributed by atoms with Crippen LogP contribution in [-0.2, 0) is 0 Å². The Morgan fingerprint density at radius 2 is 2.18 bits per heavy atom. The topological polar surface area (TPSA) is 32.3 Å². The van der Waals surface area contributed by atoms with E-state index in [-0.39, 0.29) is 6.03 Å². The van der Waals surface area contributed by atoms with Gasteiger partial charge in [0.05, 0.1) is 0 Å². The summed E-state index contributed by atoms with van der Waals surface area (Å²) in [6, 6.07) is -0.0458. The minimum atomic E-state index is -0.0458. The van der Waals surface area contributed by atoms with E-state index in [4.69, 9.17) is 0 Å². The van der Waals surface area contributed by atoms with Crippen molar-refractivity contribution in [1.29, 1.82) is 0 Å². The quantitative estimate of drug-likeness (QED) is 0.612. The van der Waals surface area contributed by atoms with E-state index in [2.05, 4.69) is 11.9 Å². The molecule has 11 heavy (non-hydrogen) atoms. The summed E-state index contributed by atoms with van der Waals surface area (Å²) in [6.45, 7) is 8.79. The van der Waals surface area contributed by atoms with Gasteiger partial charge in [0, 0.05) is 20.1 Å². The Labute approximate surface area is 68.1 Å². The molecule has 0 aliphatic rings. The van der Waals surface area contributed by atoms with Crippen molar-refractivity contribution >= 4 is 6.03 Å². The van der Waals surface area contributed by atoms with Gasteiger partial charge in [0.25, 0.3) is 0 Å². The first kappa shape index (κ1) is 10.0. The highest BCUT2D eigenvalue weighted by Crippen LogP contribution is 1.91. The van der Waals surface area contributed by atoms with Crippen molar-refractivity contribution in [2.24, 2.45) is 0 Å². The van der Waals surface area contributed by atoms with Gasteiger partial charge in [0.2, 0.25) is 0 Å². The van der Waals surface area contributed by atoms with Crippen LogP contribution in [0.1, 0.15) is 13.8 Å². The fourth-order valence-electron chi connectivity index (χ4n) is 0.763. The average Bonchev–Trinajstić information content (AvgIpc) is 1.86. The minimum absolute atomic E-state index is 0.0458. The third-order valence-electron chi connectivity index (χ3n) is 1.18. The first-order chi connectivity index (χ1) is 5.07. The van der Waals surface area contributed by atoms with Gasteiger partial charge in [-0.05, 0) is 13.8 Å². The molecule has 0 rings (SSSR count). The van der Waals surface area contributed by atoms with Crippen LogP contribution < -0.4 is 5.32 Å². The van der Waals surface area contributed by atoms with Gasteiger partial charge in [0.1, 0.15) is 0 Å². The maximum Gasteiger partial charge on any atom is 0.317 e. The molecule has 0 heterocycles. The van der Waals surface area contributed by atoms with Crippen molar-refractivity contribution in [3.05, 3.63) is 12.2 Å². The van der Waals surface area contributed by atoms with Gasteiger partial charge in [-0.3, -0.25) is 0 Å². The average molecular weight is 156 g/mol. The van der Waals surface area contributed by atoms with Gasteiger partial charge in [0.15, 0.2) is 0 Å². The molecule has 0 saturated heterocycles. The van der Waals surface area contributed by atoms with E-state index in [9.17, 15) is 4.79 Å². The zero-order valence-corrected chi connectivity index (χ0v) is 7.48. The molecule has 0 unspecified atom stereocenters. The molecular weight excluding hydrogens is 140 g/mol. The molecule has 2 amide bonds. The van der Waals surface area contributed by atoms with Crippen LogP contribution in [0.4, 0.5) is 4.79 Å². The van der Waals surface area contributed by atoms with Gasteiger partial charge < -0.3 is 10.2 Å². The summed E-state index contributed by atoms with van der Waals surface area (Å²) in [5.74, 6) is 0. The van der Waals surface area contributed by atoms with E-state index >= 15 is 0 Å². The SMILES string of the molecule is C=C(C)CN(C)C(=O)NCC. The molecule has 0 aliphatic carbocycles. The fraction of sp³-hybridized carbons (Fsp3) is 0.625. The van der Waals surface area contributed by atoms with Crippen LogP contribution in [0.2, 0.25) is 0 Å². The number of rotatable bonds is 3. The van der Waals surface area contributed by atoms with E-state index < -0.39 is 0 Å². The largest absolute Gasteiger partial charge is 0.338 e. The maximum atomic E-state index is 11.1. The third kappa shape index (κ3) is 4.42. The van der Waals surface area contributed by atoms with Crippen LogP contribution in [0, 0.1) is 0 Å². The Balaban J connectivity index is 3.73. The Bertz CT molecular complexity index is 154. The first-order valence-corrected chi connectivity index (χ1v) is 3.71. The number of carbonyl (C=O) groups is 1. The number of nitrogens with zero attached hydrogens (tertiary/aromatic N) is 1. The van der Waals surface area contributed by atoms with Crippen molar-refractivity contribution in [2.45, 2.75) is 13.8 Å². The Kier molecular flexibility index (Phi) is 4.34. The van der Waals surface area contributed by atoms with Crippen LogP contribution in [0.15, 0.2) is 12.2 Å². The van der Waals surface area contributed by atoms with Gasteiger partial charge in [-0.15, -0.1) is 0 Å². The van der Waals surface area contributed by atoms with Gasteiger partial charge in [-0.25, -0.2) is 4.79 Å². The predicted octanol–water partition coefficient (Wildman–Crippen LogP) is 1.22. The number of hydrogen-bond donors (Lipinski definition) is 1. The second-order valence-electron chi connectivity index (χ2n) is 2.65. The summed E-state index contributed by atoms with van der Waals surface area (Å²) in [4.78, 5) is 12.7. The number of likely N-dealkylation sites (N-methyl/N-ethyl adjacent to an activating group) is 1. The summed E-state index contributed by atoms with van der Waals surface area (Å²) >= 11 is 0. The van der Waals surface area contributed by atoms with Crippen LogP contribution in [-0.4, -0.2) is 31.1 Å². The predicted molar refractivity (Wildman–Crippen MR) is 46.5 cm³/mol. The maximum absolute atomic E-state index is 11.1. The molecule has 0 bridgehead atoms. The summed E-state index contributed by atoms with van der Waals surface area (Å²) in [7, 11) is 1.75. The lowest BCUT2D eigenvalue weighted by Crippen LogP contribution is -2.37. The van der Waals surface area contributed by atoms with Crippen LogP contribution in [0.25, 0.3) is 0 Å². The Morgan fingerprint density at radius 1 is 1.64 bits per heavy atom. The van der Waals surface area contributed by atoms with Crippen molar-refractivity contribution in [3.63, 3.8) is 0 Å². The van der Waals surface area contributed by atoms with Crippen molar-refractivity contribution in [3.8, 4) is 0 Å². The number of hydrogen-bond acceptors (Lipinski definition) is 1. The monoisotopic (exact) mass is 156 g/mol. The molecule has 0 radical (unpaired) electrons. The standard InChI is InChI=1S/C8H16N2O/c1-5-9-8(11)10(4)6-7(2)3/h2,5-6H2,1,3-4H3,(H,9,11). The van der Waals surface area contributed by atoms with E-state index in [1.807, 2.05) is 13.8 Å². The highest BCUT2D eigenvalue weighted by molar-refractivity contribution is 5.73. The molecule has 1 N–H and O–H groups in total. The van der Waals surface area contributed by atoms with Gasteiger partial charge >= 0.3 is 6.03 Å². The van der Waals surface area contributed by atoms with Gasteiger partial charge in [-0.1, -0.05) is 12.2 Å². The Hall–Kier alpha value is -0.990. The minimum Gasteiger partial charge on any atom is -0.338 e. The number of urea groups is 1. The Morgan fingerprint density at radius 3 is 2.55 bits per heavy atom. The summed E-state index contributed by atoms with van der Waals surface area (Å²) in [6.07, 6.45) is 0. The van der Waals surface area contributed by atoms with Crippen molar-refractivity contribution < 1.29 is 4.79 Å². The number of nitrogens with one attached hydrogen (secondary N) is 1. The lowest BCUT2D eigenvalue weighted by atomic mass is 10.3. The normalized spacial score (nSPS) is 9.00. The molecule has 0 aliphatic heterocycles. The second kappa shape index (κ2) is 4.77. The second-order valence-corrected chi connectivity index (χ2v) is 2.65. The molecule has 0 atom stereocenters. The highest BCUT2D eigenvalue weighted by atomic mass is 16.2. The van der Waals surface area contributed by atoms with E-state index in [1.165, 1.54) is 0 Å². The summed E-state index contributed by atoms with van der Waals surface area (Å²) in [5, 5.41) is 2.70. The summed E-state index contributed by atoms with van der Waals surface area (Å²) < 4.78 is 0. The van der Waals surface area contributed by atoms with Crippen LogP contribution >= 0.6 is 0 Å². The third-order valence-corrected chi connectivity index (χ3v) is 1.18. The molecule has 0 fully saturated rings. The summed E-state index contributed by atoms with van der Waals surface area (Å²) in [5.41, 5.74) is 0.985. The number of carbonyl (C=O) groups excluding carboxylic acids is 1. The molecule has 0 aromatic heterocycles. The molecule has 64 valence electrons. The van der Waals surface area contributed by atoms with Crippen molar-refractivity contribution in [1.82, 2.24) is 10.2 Å². The van der Waals surface area contributed by atoms with E-state index in [0.717, 1.165) is 5.57 Å². The lowest BCUT2D eigenvalue weighted by Gasteiger charge is -2.16. The molecule has 0 aromatic carbocycles. The lowest BCUT2D eigenvalue weighted by molar-refractivity contribution is 0.213. The zero-order chi connectivity index (χ0) is 8.85. The van der Waals surface area contributed by atoms with Crippen LogP contribution in [0.3, 0.4) is 0 Å². The molecular formula is C8H16N2O. The van der Waals surface area contributed by atoms with E-state index in [0.29, 0.717) is 13.1 Å². The fourth-order valence-corrected chi connectivity index (χ4v) is 0.763.